The number of rotatable bonds is 3. The van der Waals surface area contributed by atoms with Crippen LogP contribution in [0.5, 0.6) is 0 Å². The van der Waals surface area contributed by atoms with Gasteiger partial charge in [-0.1, -0.05) is 6.92 Å². The van der Waals surface area contributed by atoms with Crippen molar-refractivity contribution in [2.45, 2.75) is 82.1 Å². The van der Waals surface area contributed by atoms with Gasteiger partial charge in [0.25, 0.3) is 0 Å². The van der Waals surface area contributed by atoms with Crippen molar-refractivity contribution in [2.24, 2.45) is 0 Å². The molecule has 0 aliphatic carbocycles. The van der Waals surface area contributed by atoms with Gasteiger partial charge >= 0.3 is 5.69 Å². The van der Waals surface area contributed by atoms with E-state index in [1.165, 1.54) is 50.1 Å². The van der Waals surface area contributed by atoms with Gasteiger partial charge in [0.2, 0.25) is 0 Å². The zero-order chi connectivity index (χ0) is 22.7. The first-order chi connectivity index (χ1) is 13.9. The van der Waals surface area contributed by atoms with Gasteiger partial charge in [0, 0.05) is 5.92 Å². The van der Waals surface area contributed by atoms with Gasteiger partial charge in [0.1, 0.15) is 5.82 Å². The summed E-state index contributed by atoms with van der Waals surface area (Å²) in [5, 5.41) is 4.80. The van der Waals surface area contributed by atoms with E-state index in [1.54, 1.807) is 4.68 Å². The van der Waals surface area contributed by atoms with E-state index in [1.807, 2.05) is 0 Å². The zero-order valence-corrected chi connectivity index (χ0v) is 20.4. The van der Waals surface area contributed by atoms with Crippen molar-refractivity contribution in [3.8, 4) is 5.69 Å². The molecule has 0 saturated carbocycles. The largest absolute Gasteiger partial charge is 0.348 e. The topological polar surface area (TPSA) is 50.7 Å². The van der Waals surface area contributed by atoms with Crippen molar-refractivity contribution >= 4 is 0 Å². The molecule has 1 atom stereocenters. The predicted octanol–water partition coefficient (Wildman–Crippen LogP) is 5.80. The molecule has 0 aliphatic heterocycles. The van der Waals surface area contributed by atoms with Crippen LogP contribution in [0.3, 0.4) is 0 Å². The first kappa shape index (κ1) is 22.1. The third-order valence-electron chi connectivity index (χ3n) is 7.71. The summed E-state index contributed by atoms with van der Waals surface area (Å²) in [5.41, 5.74) is 14.5. The Hall–Kier alpha value is -2.62. The second kappa shape index (κ2) is 7.57. The van der Waals surface area contributed by atoms with Crippen LogP contribution >= 0.6 is 0 Å². The lowest BCUT2D eigenvalue weighted by molar-refractivity contribution is 0.762. The molecule has 30 heavy (non-hydrogen) atoms. The molecule has 2 aromatic carbocycles. The summed E-state index contributed by atoms with van der Waals surface area (Å²) in [6.45, 7) is 23.6. The molecule has 0 radical (unpaired) electrons. The number of nitrogens with zero attached hydrogens (tertiary/aromatic N) is 2. The van der Waals surface area contributed by atoms with Crippen LogP contribution in [0, 0.1) is 69.2 Å². The smallest absolute Gasteiger partial charge is 0.292 e. The minimum absolute atomic E-state index is 0.00482. The van der Waals surface area contributed by atoms with Crippen LogP contribution in [0.2, 0.25) is 0 Å². The van der Waals surface area contributed by atoms with E-state index in [4.69, 9.17) is 5.10 Å². The standard InChI is InChI=1S/C26H35N3O/c1-12-14(3)18(7)23(19(8)15(12)4)22(11)25-27-26(30)29(28-25)24-20(9)16(5)13(2)17(6)21(24)10/h22H,1-11H3,(H,27,28,30). The van der Waals surface area contributed by atoms with E-state index in [0.717, 1.165) is 16.8 Å². The fraction of sp³-hybridized carbons (Fsp3) is 0.462. The lowest BCUT2D eigenvalue weighted by Crippen LogP contribution is -2.19. The average molecular weight is 406 g/mol. The molecule has 1 aromatic heterocycles. The van der Waals surface area contributed by atoms with E-state index in [9.17, 15) is 4.79 Å². The minimum atomic E-state index is -0.179. The molecule has 4 nitrogen and oxygen atoms in total. The molecule has 4 heteroatoms. The summed E-state index contributed by atoms with van der Waals surface area (Å²) in [5.74, 6) is 0.716. The van der Waals surface area contributed by atoms with Crippen molar-refractivity contribution < 1.29 is 0 Å². The second-order valence-electron chi connectivity index (χ2n) is 8.96. The molecule has 3 rings (SSSR count). The van der Waals surface area contributed by atoms with Crippen LogP contribution in [0.1, 0.15) is 79.9 Å². The van der Waals surface area contributed by atoms with Gasteiger partial charge in [-0.3, -0.25) is 4.98 Å². The summed E-state index contributed by atoms with van der Waals surface area (Å²) >= 11 is 0. The Morgan fingerprint density at radius 2 is 1.00 bits per heavy atom. The van der Waals surface area contributed by atoms with Gasteiger partial charge in [0.15, 0.2) is 0 Å². The lowest BCUT2D eigenvalue weighted by atomic mass is 9.84. The van der Waals surface area contributed by atoms with Crippen molar-refractivity contribution in [3.63, 3.8) is 0 Å². The Labute approximate surface area is 180 Å². The number of H-pyrrole nitrogens is 1. The number of hydrogen-bond acceptors (Lipinski definition) is 2. The third-order valence-corrected chi connectivity index (χ3v) is 7.71. The number of hydrogen-bond donors (Lipinski definition) is 1. The first-order valence-corrected chi connectivity index (χ1v) is 10.7. The summed E-state index contributed by atoms with van der Waals surface area (Å²) in [7, 11) is 0. The molecule has 0 amide bonds. The van der Waals surface area contributed by atoms with Crippen molar-refractivity contribution in [3.05, 3.63) is 77.5 Å². The number of nitrogens with one attached hydrogen (secondary N) is 1. The number of aromatic amines is 1. The average Bonchev–Trinajstić information content (AvgIpc) is 3.09. The summed E-state index contributed by atoms with van der Waals surface area (Å²) < 4.78 is 1.56. The zero-order valence-electron chi connectivity index (χ0n) is 20.4. The Balaban J connectivity index is 2.22. The molecule has 3 aromatic rings. The van der Waals surface area contributed by atoms with E-state index in [-0.39, 0.29) is 11.6 Å². The highest BCUT2D eigenvalue weighted by Crippen LogP contribution is 2.34. The molecule has 1 unspecified atom stereocenters. The molecule has 0 fully saturated rings. The minimum Gasteiger partial charge on any atom is -0.292 e. The maximum absolute atomic E-state index is 13.0. The molecule has 0 aliphatic rings. The molecule has 160 valence electrons. The molecule has 1 heterocycles. The fourth-order valence-electron chi connectivity index (χ4n) is 4.80. The van der Waals surface area contributed by atoms with Gasteiger partial charge in [-0.05, 0) is 130 Å². The molecular weight excluding hydrogens is 370 g/mol. The molecule has 1 N–H and O–H groups in total. The highest BCUT2D eigenvalue weighted by molar-refractivity contribution is 5.57. The van der Waals surface area contributed by atoms with Crippen LogP contribution in [0.15, 0.2) is 4.79 Å². The van der Waals surface area contributed by atoms with Gasteiger partial charge in [-0.15, -0.1) is 5.10 Å². The summed E-state index contributed by atoms with van der Waals surface area (Å²) in [6.07, 6.45) is 0. The van der Waals surface area contributed by atoms with Crippen molar-refractivity contribution in [2.75, 3.05) is 0 Å². The maximum atomic E-state index is 13.0. The Bertz CT molecular complexity index is 1170. The molecule has 0 saturated heterocycles. The van der Waals surface area contributed by atoms with E-state index >= 15 is 0 Å². The van der Waals surface area contributed by atoms with Crippen molar-refractivity contribution in [1.82, 2.24) is 14.8 Å². The first-order valence-electron chi connectivity index (χ1n) is 10.7. The summed E-state index contributed by atoms with van der Waals surface area (Å²) in [6, 6.07) is 0. The van der Waals surface area contributed by atoms with Gasteiger partial charge in [0.05, 0.1) is 5.69 Å². The van der Waals surface area contributed by atoms with Crippen LogP contribution in [0.25, 0.3) is 5.69 Å². The Kier molecular flexibility index (Phi) is 5.57. The van der Waals surface area contributed by atoms with Gasteiger partial charge in [-0.2, -0.15) is 4.68 Å². The van der Waals surface area contributed by atoms with Crippen LogP contribution in [-0.2, 0) is 0 Å². The summed E-state index contributed by atoms with van der Waals surface area (Å²) in [4.78, 5) is 16.0. The highest BCUT2D eigenvalue weighted by Gasteiger charge is 2.23. The second-order valence-corrected chi connectivity index (χ2v) is 8.96. The molecule has 0 bridgehead atoms. The molecular formula is C26H35N3O. The van der Waals surface area contributed by atoms with Crippen LogP contribution < -0.4 is 5.69 Å². The van der Waals surface area contributed by atoms with Crippen LogP contribution in [0.4, 0.5) is 0 Å². The monoisotopic (exact) mass is 405 g/mol. The lowest BCUT2D eigenvalue weighted by Gasteiger charge is -2.22. The van der Waals surface area contributed by atoms with Gasteiger partial charge < -0.3 is 0 Å². The number of aromatic nitrogens is 3. The Morgan fingerprint density at radius 1 is 0.633 bits per heavy atom. The fourth-order valence-corrected chi connectivity index (χ4v) is 4.80. The highest BCUT2D eigenvalue weighted by atomic mass is 16.1. The van der Waals surface area contributed by atoms with Crippen LogP contribution in [-0.4, -0.2) is 14.8 Å². The van der Waals surface area contributed by atoms with Gasteiger partial charge in [-0.25, -0.2) is 4.79 Å². The van der Waals surface area contributed by atoms with Crippen molar-refractivity contribution in [1.29, 1.82) is 0 Å². The number of benzene rings is 2. The van der Waals surface area contributed by atoms with E-state index in [0.29, 0.717) is 5.82 Å². The predicted molar refractivity (Wildman–Crippen MR) is 126 cm³/mol. The third kappa shape index (κ3) is 3.13. The Morgan fingerprint density at radius 3 is 1.43 bits per heavy atom. The quantitative estimate of drug-likeness (QED) is 0.599. The SMILES string of the molecule is Cc1c(C)c(C)c(C(C)c2nn(-c3c(C)c(C)c(C)c(C)c3C)c(=O)[nH]2)c(C)c1C. The molecule has 0 spiro atoms. The maximum Gasteiger partial charge on any atom is 0.348 e. The van der Waals surface area contributed by atoms with E-state index < -0.39 is 0 Å². The van der Waals surface area contributed by atoms with E-state index in [2.05, 4.69) is 81.1 Å². The normalized spacial score (nSPS) is 12.5.